The molecule has 3 atom stereocenters. The number of halogens is 2. The van der Waals surface area contributed by atoms with E-state index in [2.05, 4.69) is 15.2 Å². The highest BCUT2D eigenvalue weighted by Crippen LogP contribution is 2.36. The lowest BCUT2D eigenvalue weighted by Gasteiger charge is -2.44. The number of nitrogens with zero attached hydrogens (tertiary/aromatic N) is 2. The minimum atomic E-state index is -0.751. The quantitative estimate of drug-likeness (QED) is 0.138. The van der Waals surface area contributed by atoms with Crippen molar-refractivity contribution in [3.63, 3.8) is 0 Å². The van der Waals surface area contributed by atoms with E-state index in [-0.39, 0.29) is 18.5 Å². The van der Waals surface area contributed by atoms with Crippen LogP contribution in [-0.4, -0.2) is 68.3 Å². The van der Waals surface area contributed by atoms with E-state index in [1.807, 2.05) is 54.6 Å². The maximum Gasteiger partial charge on any atom is 0.338 e. The summed E-state index contributed by atoms with van der Waals surface area (Å²) in [6.07, 6.45) is 5.11. The molecule has 262 valence electrons. The smallest absolute Gasteiger partial charge is 0.338 e. The van der Waals surface area contributed by atoms with Gasteiger partial charge in [0.1, 0.15) is 18.2 Å². The predicted octanol–water partition coefficient (Wildman–Crippen LogP) is 7.06. The summed E-state index contributed by atoms with van der Waals surface area (Å²) in [5.74, 6) is 0.693. The summed E-state index contributed by atoms with van der Waals surface area (Å²) < 4.78 is 23.2. The molecule has 0 aliphatic carbocycles. The van der Waals surface area contributed by atoms with Crippen LogP contribution in [-0.2, 0) is 27.1 Å². The van der Waals surface area contributed by atoms with Crippen LogP contribution in [0.3, 0.4) is 0 Å². The summed E-state index contributed by atoms with van der Waals surface area (Å²) in [6, 6.07) is 21.7. The van der Waals surface area contributed by atoms with Crippen LogP contribution in [0.15, 0.2) is 85.2 Å². The zero-order valence-electron chi connectivity index (χ0n) is 28.1. The van der Waals surface area contributed by atoms with Gasteiger partial charge in [0.2, 0.25) is 0 Å². The van der Waals surface area contributed by atoms with Crippen molar-refractivity contribution in [2.24, 2.45) is 5.92 Å². The highest BCUT2D eigenvalue weighted by Gasteiger charge is 2.38. The molecule has 0 radical (unpaired) electrons. The van der Waals surface area contributed by atoms with Crippen LogP contribution < -0.4 is 14.8 Å². The van der Waals surface area contributed by atoms with E-state index in [9.17, 15) is 9.59 Å². The van der Waals surface area contributed by atoms with Crippen molar-refractivity contribution in [1.29, 1.82) is 0 Å². The fourth-order valence-corrected chi connectivity index (χ4v) is 7.27. The highest BCUT2D eigenvalue weighted by atomic mass is 35.5. The minimum Gasteiger partial charge on any atom is -0.493 e. The molecule has 1 unspecified atom stereocenters. The Labute approximate surface area is 302 Å². The van der Waals surface area contributed by atoms with Crippen molar-refractivity contribution in [2.45, 2.75) is 43.9 Å². The molecule has 9 nitrogen and oxygen atoms in total. The van der Waals surface area contributed by atoms with Crippen molar-refractivity contribution in [3.05, 3.63) is 123 Å². The molecule has 3 aliphatic heterocycles. The summed E-state index contributed by atoms with van der Waals surface area (Å²) in [7, 11) is 3.10. The molecular weight excluding hydrogens is 677 g/mol. The van der Waals surface area contributed by atoms with Gasteiger partial charge in [-0.2, -0.15) is 0 Å². The molecule has 11 heteroatoms. The van der Waals surface area contributed by atoms with Crippen LogP contribution in [0.1, 0.15) is 57.6 Å². The van der Waals surface area contributed by atoms with E-state index in [0.29, 0.717) is 57.1 Å². The first-order chi connectivity index (χ1) is 24.3. The molecule has 7 rings (SSSR count). The Morgan fingerprint density at radius 3 is 2.32 bits per heavy atom. The third-order valence-electron chi connectivity index (χ3n) is 9.53. The molecule has 1 aromatic heterocycles. The molecule has 2 bridgehead atoms. The van der Waals surface area contributed by atoms with Gasteiger partial charge in [-0.05, 0) is 84.8 Å². The second-order valence-electron chi connectivity index (χ2n) is 12.7. The van der Waals surface area contributed by atoms with E-state index in [0.717, 1.165) is 43.6 Å². The average molecular weight is 719 g/mol. The molecule has 4 heterocycles. The van der Waals surface area contributed by atoms with Crippen molar-refractivity contribution in [3.8, 4) is 11.5 Å². The van der Waals surface area contributed by atoms with Crippen LogP contribution >= 0.6 is 23.2 Å². The van der Waals surface area contributed by atoms with Gasteiger partial charge in [0.05, 0.1) is 29.8 Å². The zero-order valence-corrected chi connectivity index (χ0v) is 29.7. The molecule has 4 aromatic rings. The highest BCUT2D eigenvalue weighted by molar-refractivity contribution is 6.35. The summed E-state index contributed by atoms with van der Waals surface area (Å²) in [6.45, 7) is 3.45. The van der Waals surface area contributed by atoms with Crippen LogP contribution in [0.25, 0.3) is 0 Å². The Hall–Kier alpha value is -4.15. The fraction of sp³-hybridized carbons (Fsp3) is 0.359. The number of hydrogen-bond donors (Lipinski definition) is 1. The summed E-state index contributed by atoms with van der Waals surface area (Å²) in [5.41, 5.74) is 3.44. The summed E-state index contributed by atoms with van der Waals surface area (Å²) >= 11 is 12.9. The number of piperidine rings is 3. The molecule has 3 saturated heterocycles. The van der Waals surface area contributed by atoms with Crippen molar-refractivity contribution in [2.75, 3.05) is 40.4 Å². The number of benzene rings is 3. The number of esters is 2. The molecule has 3 aromatic carbocycles. The van der Waals surface area contributed by atoms with Crippen LogP contribution in [0.2, 0.25) is 10.0 Å². The Bertz CT molecular complexity index is 1760. The Morgan fingerprint density at radius 2 is 1.64 bits per heavy atom. The van der Waals surface area contributed by atoms with Crippen molar-refractivity contribution in [1.82, 2.24) is 15.2 Å². The number of carbonyl (C=O) groups is 2. The van der Waals surface area contributed by atoms with E-state index >= 15 is 0 Å². The number of fused-ring (bicyclic) bond motifs is 3. The average Bonchev–Trinajstić information content (AvgIpc) is 3.15. The lowest BCUT2D eigenvalue weighted by atomic mass is 9.86. The Kier molecular flexibility index (Phi) is 11.9. The van der Waals surface area contributed by atoms with Crippen molar-refractivity contribution >= 4 is 35.1 Å². The van der Waals surface area contributed by atoms with E-state index < -0.39 is 18.1 Å². The van der Waals surface area contributed by atoms with Gasteiger partial charge >= 0.3 is 11.9 Å². The number of aromatic nitrogens is 1. The number of nitrogens with one attached hydrogen (secondary N) is 1. The van der Waals surface area contributed by atoms with Gasteiger partial charge in [0.25, 0.3) is 0 Å². The van der Waals surface area contributed by atoms with E-state index in [4.69, 9.17) is 42.1 Å². The molecule has 3 fully saturated rings. The number of methoxy groups -OCH3 is 2. The second-order valence-corrected chi connectivity index (χ2v) is 13.5. The second kappa shape index (κ2) is 16.7. The number of pyridine rings is 1. The van der Waals surface area contributed by atoms with Gasteiger partial charge in [-0.25, -0.2) is 9.59 Å². The Balaban J connectivity index is 1.15. The molecule has 0 spiro atoms. The monoisotopic (exact) mass is 717 g/mol. The summed E-state index contributed by atoms with van der Waals surface area (Å²) in [5, 5.41) is 4.16. The SMILES string of the molecule is COc1ccc([C@H](Cc2c(Cl)cncc2Cl)OC(=O)c2cccc(CCNC(C(=O)O[C@H]3CN4CCC3CC4)c3ccccc3)c2)cc1OC. The van der Waals surface area contributed by atoms with Gasteiger partial charge in [-0.15, -0.1) is 0 Å². The topological polar surface area (TPSA) is 99.2 Å². The molecule has 3 aliphatic rings. The molecule has 0 amide bonds. The minimum absolute atomic E-state index is 0.0749. The van der Waals surface area contributed by atoms with Gasteiger partial charge < -0.3 is 24.3 Å². The number of ether oxygens (including phenoxy) is 4. The van der Waals surface area contributed by atoms with Crippen molar-refractivity contribution < 1.29 is 28.5 Å². The molecule has 1 N–H and O–H groups in total. The standard InChI is InChI=1S/C39H41Cl2N3O6/c1-47-33-12-11-28(20-35(33)48-2)34(21-30-31(40)22-42-23-32(30)41)49-38(45)29-10-6-7-25(19-29)13-16-43-37(27-8-4-3-5-9-27)39(46)50-36-24-44-17-14-26(36)15-18-44/h3-12,19-20,22-23,26,34,36-37,43H,13-18,21,24H2,1-2H3/t34-,36-,37?/m0/s1. The third kappa shape index (κ3) is 8.58. The van der Waals surface area contributed by atoms with Gasteiger partial charge in [-0.1, -0.05) is 71.7 Å². The number of rotatable bonds is 14. The first-order valence-electron chi connectivity index (χ1n) is 16.8. The maximum absolute atomic E-state index is 13.7. The predicted molar refractivity (Wildman–Crippen MR) is 192 cm³/mol. The molecule has 50 heavy (non-hydrogen) atoms. The van der Waals surface area contributed by atoms with E-state index in [1.165, 1.54) is 12.4 Å². The normalized spacial score (nSPS) is 19.3. The summed E-state index contributed by atoms with van der Waals surface area (Å²) in [4.78, 5) is 33.6. The lowest BCUT2D eigenvalue weighted by Crippen LogP contribution is -2.52. The van der Waals surface area contributed by atoms with Gasteiger partial charge in [0, 0.05) is 31.9 Å². The van der Waals surface area contributed by atoms with E-state index in [1.54, 1.807) is 32.4 Å². The van der Waals surface area contributed by atoms with Crippen LogP contribution in [0.5, 0.6) is 11.5 Å². The maximum atomic E-state index is 13.7. The third-order valence-corrected chi connectivity index (χ3v) is 10.2. The van der Waals surface area contributed by atoms with Crippen LogP contribution in [0, 0.1) is 5.92 Å². The zero-order chi connectivity index (χ0) is 35.0. The fourth-order valence-electron chi connectivity index (χ4n) is 6.76. The molecule has 0 saturated carbocycles. The van der Waals surface area contributed by atoms with Gasteiger partial charge in [-0.3, -0.25) is 9.88 Å². The number of carbonyl (C=O) groups excluding carboxylic acids is 2. The lowest BCUT2D eigenvalue weighted by molar-refractivity contribution is -0.161. The first kappa shape index (κ1) is 35.7. The Morgan fingerprint density at radius 1 is 0.900 bits per heavy atom. The molecular formula is C39H41Cl2N3O6. The van der Waals surface area contributed by atoms with Crippen LogP contribution in [0.4, 0.5) is 0 Å². The number of hydrogen-bond acceptors (Lipinski definition) is 9. The largest absolute Gasteiger partial charge is 0.493 e. The first-order valence-corrected chi connectivity index (χ1v) is 17.6. The van der Waals surface area contributed by atoms with Gasteiger partial charge in [0.15, 0.2) is 11.5 Å².